The van der Waals surface area contributed by atoms with E-state index in [1.807, 2.05) is 51.1 Å². The van der Waals surface area contributed by atoms with Crippen molar-refractivity contribution in [2.24, 2.45) is 5.92 Å². The van der Waals surface area contributed by atoms with Crippen LogP contribution in [0.1, 0.15) is 62.3 Å². The van der Waals surface area contributed by atoms with Gasteiger partial charge in [0.2, 0.25) is 17.7 Å². The predicted molar refractivity (Wildman–Crippen MR) is 168 cm³/mol. The molecule has 3 N–H and O–H groups in total. The second-order valence-electron chi connectivity index (χ2n) is 11.2. The number of benzene rings is 2. The Balaban J connectivity index is 1.58. The van der Waals surface area contributed by atoms with Crippen LogP contribution < -0.4 is 16.0 Å². The minimum atomic E-state index is -0.718. The summed E-state index contributed by atoms with van der Waals surface area (Å²) >= 11 is 12.2. The minimum absolute atomic E-state index is 0.123. The van der Waals surface area contributed by atoms with Crippen molar-refractivity contribution in [1.82, 2.24) is 35.6 Å². The Kier molecular flexibility index (Phi) is 11.4. The normalized spacial score (nSPS) is 18.2. The summed E-state index contributed by atoms with van der Waals surface area (Å²) in [5.74, 6) is -0.270. The topological polar surface area (TPSA) is 138 Å². The number of fused-ring (bicyclic) bond motifs is 1. The van der Waals surface area contributed by atoms with Crippen molar-refractivity contribution in [1.29, 1.82) is 0 Å². The van der Waals surface area contributed by atoms with Gasteiger partial charge in [0.05, 0.1) is 29.7 Å². The fourth-order valence-corrected chi connectivity index (χ4v) is 5.31. The molecular weight excluding hydrogens is 605 g/mol. The average Bonchev–Trinajstić information content (AvgIpc) is 3.42. The zero-order valence-electron chi connectivity index (χ0n) is 25.0. The zero-order valence-corrected chi connectivity index (χ0v) is 26.5. The Morgan fingerprint density at radius 1 is 1.05 bits per heavy atom. The highest BCUT2D eigenvalue weighted by Gasteiger charge is 2.27. The van der Waals surface area contributed by atoms with Crippen LogP contribution in [0.4, 0.5) is 0 Å². The third-order valence-electron chi connectivity index (χ3n) is 7.18. The van der Waals surface area contributed by atoms with Gasteiger partial charge in [-0.1, -0.05) is 67.4 Å². The van der Waals surface area contributed by atoms with Crippen LogP contribution in [0.5, 0.6) is 0 Å². The van der Waals surface area contributed by atoms with Gasteiger partial charge in [0.1, 0.15) is 11.9 Å². The van der Waals surface area contributed by atoms with Crippen LogP contribution in [-0.2, 0) is 20.9 Å². The number of amides is 4. The summed E-state index contributed by atoms with van der Waals surface area (Å²) < 4.78 is 1.69. The highest BCUT2D eigenvalue weighted by Crippen LogP contribution is 2.21. The monoisotopic (exact) mass is 641 g/mol. The lowest BCUT2D eigenvalue weighted by Crippen LogP contribution is -2.48. The van der Waals surface area contributed by atoms with Crippen LogP contribution in [0.3, 0.4) is 0 Å². The van der Waals surface area contributed by atoms with E-state index in [0.717, 1.165) is 5.56 Å². The molecule has 1 aliphatic rings. The van der Waals surface area contributed by atoms with Crippen molar-refractivity contribution in [3.05, 3.63) is 70.0 Å². The molecule has 1 aromatic heterocycles. The van der Waals surface area contributed by atoms with Gasteiger partial charge in [-0.2, -0.15) is 5.10 Å². The quantitative estimate of drug-likeness (QED) is 0.372. The van der Waals surface area contributed by atoms with Gasteiger partial charge in [0, 0.05) is 30.1 Å². The predicted octanol–water partition coefficient (Wildman–Crippen LogP) is 4.01. The number of hydrogen-bond acceptors (Lipinski definition) is 6. The Labute approximate surface area is 266 Å². The molecule has 0 saturated carbocycles. The number of halogens is 2. The molecule has 13 heteroatoms. The first-order valence-corrected chi connectivity index (χ1v) is 15.4. The molecule has 0 spiro atoms. The molecule has 4 rings (SSSR count). The Bertz CT molecular complexity index is 1500. The van der Waals surface area contributed by atoms with Crippen LogP contribution in [0, 0.1) is 5.92 Å². The lowest BCUT2D eigenvalue weighted by atomic mass is 10.0. The van der Waals surface area contributed by atoms with Crippen molar-refractivity contribution >= 4 is 46.8 Å². The molecule has 4 amide bonds. The van der Waals surface area contributed by atoms with E-state index in [1.165, 1.54) is 12.1 Å². The Morgan fingerprint density at radius 2 is 1.80 bits per heavy atom. The molecule has 0 aliphatic carbocycles. The van der Waals surface area contributed by atoms with Gasteiger partial charge in [-0.3, -0.25) is 19.2 Å². The molecule has 11 nitrogen and oxygen atoms in total. The summed E-state index contributed by atoms with van der Waals surface area (Å²) in [6.07, 6.45) is 0.948. The minimum Gasteiger partial charge on any atom is -0.345 e. The molecule has 2 atom stereocenters. The molecule has 2 aromatic carbocycles. The number of nitrogens with one attached hydrogen (secondary N) is 3. The summed E-state index contributed by atoms with van der Waals surface area (Å²) in [7, 11) is 0. The molecular formula is C31H37Cl2N7O4. The summed E-state index contributed by atoms with van der Waals surface area (Å²) in [4.78, 5) is 58.6. The molecule has 2 heterocycles. The first-order valence-electron chi connectivity index (χ1n) is 14.6. The Hall–Kier alpha value is -3.96. The molecule has 0 bridgehead atoms. The van der Waals surface area contributed by atoms with Crippen molar-refractivity contribution in [3.63, 3.8) is 0 Å². The third-order valence-corrected chi connectivity index (χ3v) is 7.74. The van der Waals surface area contributed by atoms with Gasteiger partial charge < -0.3 is 20.9 Å². The van der Waals surface area contributed by atoms with Crippen molar-refractivity contribution in [2.75, 3.05) is 19.6 Å². The van der Waals surface area contributed by atoms with Crippen LogP contribution in [0.25, 0.3) is 11.4 Å². The van der Waals surface area contributed by atoms with E-state index in [4.69, 9.17) is 33.3 Å². The van der Waals surface area contributed by atoms with E-state index in [9.17, 15) is 19.2 Å². The highest BCUT2D eigenvalue weighted by atomic mass is 35.5. The van der Waals surface area contributed by atoms with Crippen molar-refractivity contribution in [3.8, 4) is 11.4 Å². The Morgan fingerprint density at radius 3 is 2.52 bits per heavy atom. The third kappa shape index (κ3) is 8.79. The fourth-order valence-electron chi connectivity index (χ4n) is 4.94. The smallest absolute Gasteiger partial charge is 0.253 e. The molecule has 44 heavy (non-hydrogen) atoms. The molecule has 3 aromatic rings. The average molecular weight is 643 g/mol. The maximum atomic E-state index is 13.4. The lowest BCUT2D eigenvalue weighted by Gasteiger charge is -2.26. The molecule has 0 unspecified atom stereocenters. The standard InChI is InChI=1S/C31H37Cl2N7O4/c1-19(2)16-25-31(44)35-20(3)29-37-28(21-8-5-4-6-9-21)38-40(29)15-14-39(13-7-10-26(41)36-25)27(42)18-34-30(43)23-17-22(32)11-12-24(23)33/h4-6,8-9,11-12,17,19-20,25H,7,10,13-16,18H2,1-3H3,(H,34,43)(H,35,44)(H,36,41)/t20-,25-/m1/s1. The number of rotatable bonds is 6. The SMILES string of the molecule is CC(C)C[C@H]1NC(=O)CCCN(C(=O)CNC(=O)c2cc(Cl)ccc2Cl)CCn2nc(-c3ccccc3)nc2[C@@H](C)NC1=O. The van der Waals surface area contributed by atoms with Gasteiger partial charge in [0.15, 0.2) is 5.82 Å². The van der Waals surface area contributed by atoms with Gasteiger partial charge in [-0.25, -0.2) is 9.67 Å². The summed E-state index contributed by atoms with van der Waals surface area (Å²) in [5, 5.41) is 13.8. The maximum absolute atomic E-state index is 13.4. The van der Waals surface area contributed by atoms with Crippen LogP contribution >= 0.6 is 23.2 Å². The fraction of sp³-hybridized carbons (Fsp3) is 0.419. The molecule has 0 radical (unpaired) electrons. The maximum Gasteiger partial charge on any atom is 0.253 e. The number of nitrogens with zero attached hydrogens (tertiary/aromatic N) is 4. The molecule has 234 valence electrons. The molecule has 0 saturated heterocycles. The van der Waals surface area contributed by atoms with Crippen molar-refractivity contribution in [2.45, 2.75) is 58.7 Å². The largest absolute Gasteiger partial charge is 0.345 e. The number of carbonyl (C=O) groups is 4. The first kappa shape index (κ1) is 32.9. The second kappa shape index (κ2) is 15.2. The van der Waals surface area contributed by atoms with E-state index in [-0.39, 0.29) is 66.8 Å². The van der Waals surface area contributed by atoms with Gasteiger partial charge in [-0.15, -0.1) is 0 Å². The summed E-state index contributed by atoms with van der Waals surface area (Å²) in [6, 6.07) is 12.7. The number of hydrogen-bond donors (Lipinski definition) is 3. The van der Waals surface area contributed by atoms with Crippen LogP contribution in [-0.4, -0.2) is 69.0 Å². The first-order chi connectivity index (χ1) is 21.0. The number of carbonyl (C=O) groups excluding carboxylic acids is 4. The van der Waals surface area contributed by atoms with Gasteiger partial charge in [0.25, 0.3) is 5.91 Å². The number of aromatic nitrogens is 3. The zero-order chi connectivity index (χ0) is 31.8. The van der Waals surface area contributed by atoms with E-state index in [0.29, 0.717) is 29.5 Å². The molecule has 1 aliphatic heterocycles. The molecule has 0 fully saturated rings. The van der Waals surface area contributed by atoms with Crippen LogP contribution in [0.2, 0.25) is 10.0 Å². The van der Waals surface area contributed by atoms with Crippen molar-refractivity contribution < 1.29 is 19.2 Å². The summed E-state index contributed by atoms with van der Waals surface area (Å²) in [5.41, 5.74) is 0.974. The second-order valence-corrected chi connectivity index (χ2v) is 12.0. The summed E-state index contributed by atoms with van der Waals surface area (Å²) in [6.45, 7) is 6.26. The van der Waals surface area contributed by atoms with Gasteiger partial charge >= 0.3 is 0 Å². The van der Waals surface area contributed by atoms with E-state index in [2.05, 4.69) is 16.0 Å². The van der Waals surface area contributed by atoms with E-state index >= 15 is 0 Å². The highest BCUT2D eigenvalue weighted by molar-refractivity contribution is 6.35. The van der Waals surface area contributed by atoms with Crippen LogP contribution in [0.15, 0.2) is 48.5 Å². The van der Waals surface area contributed by atoms with Gasteiger partial charge in [-0.05, 0) is 43.9 Å². The van der Waals surface area contributed by atoms with E-state index < -0.39 is 18.0 Å². The lowest BCUT2D eigenvalue weighted by molar-refractivity contribution is -0.131. The van der Waals surface area contributed by atoms with E-state index in [1.54, 1.807) is 15.6 Å².